The fourth-order valence-corrected chi connectivity index (χ4v) is 3.55. The smallest absolute Gasteiger partial charge is 0.263 e. The second-order valence-electron chi connectivity index (χ2n) is 7.05. The normalized spacial score (nSPS) is 11.1. The van der Waals surface area contributed by atoms with Gasteiger partial charge in [0.15, 0.2) is 12.3 Å². The van der Waals surface area contributed by atoms with Gasteiger partial charge in [-0.25, -0.2) is 14.3 Å². The number of pyridine rings is 1. The molecule has 4 rings (SSSR count). The van der Waals surface area contributed by atoms with E-state index in [1.54, 1.807) is 21.6 Å². The van der Waals surface area contributed by atoms with Gasteiger partial charge >= 0.3 is 0 Å². The summed E-state index contributed by atoms with van der Waals surface area (Å²) in [6.07, 6.45) is 1.65. The predicted octanol–water partition coefficient (Wildman–Crippen LogP) is 3.61. The van der Waals surface area contributed by atoms with Crippen molar-refractivity contribution < 1.29 is 9.53 Å². The molecule has 154 valence electrons. The van der Waals surface area contributed by atoms with E-state index in [1.807, 2.05) is 51.2 Å². The van der Waals surface area contributed by atoms with Crippen LogP contribution in [0.5, 0.6) is 5.88 Å². The number of carbonyl (C=O) groups is 1. The molecule has 4 aromatic rings. The van der Waals surface area contributed by atoms with E-state index in [0.29, 0.717) is 18.2 Å². The number of carbonyl (C=O) groups excluding carboxylic acids is 1. The summed E-state index contributed by atoms with van der Waals surface area (Å²) in [4.78, 5) is 17.0. The van der Waals surface area contributed by atoms with Crippen molar-refractivity contribution in [2.24, 2.45) is 7.05 Å². The molecule has 3 aromatic heterocycles. The Morgan fingerprint density at radius 2 is 1.97 bits per heavy atom. The third kappa shape index (κ3) is 4.20. The number of anilines is 1. The molecule has 1 aromatic carbocycles. The van der Waals surface area contributed by atoms with Gasteiger partial charge in [0.25, 0.3) is 5.91 Å². The summed E-state index contributed by atoms with van der Waals surface area (Å²) in [5.74, 6) is 0.714. The van der Waals surface area contributed by atoms with Gasteiger partial charge in [-0.15, -0.1) is 5.10 Å². The number of aryl methyl sites for hydroxylation is 3. The van der Waals surface area contributed by atoms with E-state index in [0.717, 1.165) is 32.3 Å². The summed E-state index contributed by atoms with van der Waals surface area (Å²) in [5, 5.41) is 12.3. The van der Waals surface area contributed by atoms with Gasteiger partial charge in [-0.05, 0) is 43.2 Å². The van der Waals surface area contributed by atoms with E-state index in [1.165, 1.54) is 0 Å². The second kappa shape index (κ2) is 8.27. The second-order valence-corrected chi connectivity index (χ2v) is 7.96. The Bertz CT molecular complexity index is 1210. The van der Waals surface area contributed by atoms with Crippen LogP contribution in [0.15, 0.2) is 47.1 Å². The quantitative estimate of drug-likeness (QED) is 0.466. The Balaban J connectivity index is 1.44. The number of hydrogen-bond acceptors (Lipinski definition) is 5. The SMILES string of the molecule is Cc1cc(C)c2c(OCC(=O)Nc3ccnn3Cc3ccc(Br)cc3)nn(C)c2n1. The number of nitrogens with zero attached hydrogens (tertiary/aromatic N) is 5. The first kappa shape index (κ1) is 20.1. The summed E-state index contributed by atoms with van der Waals surface area (Å²) >= 11 is 3.43. The summed E-state index contributed by atoms with van der Waals surface area (Å²) < 4.78 is 10.1. The van der Waals surface area contributed by atoms with Gasteiger partial charge in [0.2, 0.25) is 5.88 Å². The molecule has 0 fully saturated rings. The summed E-state index contributed by atoms with van der Waals surface area (Å²) in [5.41, 5.74) is 3.72. The average molecular weight is 469 g/mol. The molecule has 0 atom stereocenters. The van der Waals surface area contributed by atoms with Crippen molar-refractivity contribution in [3.8, 4) is 5.88 Å². The molecule has 0 radical (unpaired) electrons. The van der Waals surface area contributed by atoms with Gasteiger partial charge in [-0.1, -0.05) is 28.1 Å². The summed E-state index contributed by atoms with van der Waals surface area (Å²) in [6, 6.07) is 11.7. The van der Waals surface area contributed by atoms with Gasteiger partial charge in [-0.2, -0.15) is 5.10 Å². The minimum Gasteiger partial charge on any atom is -0.466 e. The lowest BCUT2D eigenvalue weighted by Crippen LogP contribution is -2.22. The molecular weight excluding hydrogens is 448 g/mol. The molecular formula is C21H21BrN6O2. The molecule has 0 aliphatic heterocycles. The Hall–Kier alpha value is -3.20. The zero-order valence-corrected chi connectivity index (χ0v) is 18.5. The van der Waals surface area contributed by atoms with E-state index in [-0.39, 0.29) is 12.5 Å². The first-order chi connectivity index (χ1) is 14.4. The molecule has 8 nitrogen and oxygen atoms in total. The van der Waals surface area contributed by atoms with Crippen LogP contribution in [-0.2, 0) is 18.4 Å². The summed E-state index contributed by atoms with van der Waals surface area (Å²) in [6.45, 7) is 4.30. The predicted molar refractivity (Wildman–Crippen MR) is 118 cm³/mol. The number of amides is 1. The van der Waals surface area contributed by atoms with Gasteiger partial charge in [0.1, 0.15) is 5.82 Å². The molecule has 0 spiro atoms. The molecule has 0 bridgehead atoms. The molecule has 0 aliphatic carbocycles. The van der Waals surface area contributed by atoms with Crippen molar-refractivity contribution in [1.82, 2.24) is 24.5 Å². The molecule has 0 unspecified atom stereocenters. The number of aromatic nitrogens is 5. The van der Waals surface area contributed by atoms with Gasteiger partial charge in [0.05, 0.1) is 18.1 Å². The van der Waals surface area contributed by atoms with Crippen molar-refractivity contribution in [2.45, 2.75) is 20.4 Å². The highest BCUT2D eigenvalue weighted by Crippen LogP contribution is 2.27. The zero-order chi connectivity index (χ0) is 21.3. The van der Waals surface area contributed by atoms with Crippen molar-refractivity contribution >= 4 is 38.7 Å². The lowest BCUT2D eigenvalue weighted by molar-refractivity contribution is -0.118. The summed E-state index contributed by atoms with van der Waals surface area (Å²) in [7, 11) is 1.81. The minimum absolute atomic E-state index is 0.164. The maximum atomic E-state index is 12.5. The van der Waals surface area contributed by atoms with Crippen molar-refractivity contribution in [3.05, 3.63) is 63.9 Å². The fraction of sp³-hybridized carbons (Fsp3) is 0.238. The van der Waals surface area contributed by atoms with E-state index in [9.17, 15) is 4.79 Å². The maximum absolute atomic E-state index is 12.5. The number of ether oxygens (including phenoxy) is 1. The monoisotopic (exact) mass is 468 g/mol. The molecule has 0 aliphatic rings. The lowest BCUT2D eigenvalue weighted by Gasteiger charge is -2.10. The number of fused-ring (bicyclic) bond motifs is 1. The number of rotatable bonds is 6. The third-order valence-corrected chi connectivity index (χ3v) is 5.19. The van der Waals surface area contributed by atoms with Crippen LogP contribution in [-0.4, -0.2) is 37.1 Å². The van der Waals surface area contributed by atoms with Crippen LogP contribution in [0, 0.1) is 13.8 Å². The van der Waals surface area contributed by atoms with Crippen LogP contribution in [0.25, 0.3) is 11.0 Å². The highest BCUT2D eigenvalue weighted by atomic mass is 79.9. The molecule has 3 heterocycles. The molecule has 30 heavy (non-hydrogen) atoms. The Morgan fingerprint density at radius 1 is 1.20 bits per heavy atom. The van der Waals surface area contributed by atoms with Gasteiger partial charge in [0, 0.05) is 23.3 Å². The molecule has 1 N–H and O–H groups in total. The molecule has 0 saturated carbocycles. The van der Waals surface area contributed by atoms with E-state index >= 15 is 0 Å². The highest BCUT2D eigenvalue weighted by Gasteiger charge is 2.16. The van der Waals surface area contributed by atoms with Gasteiger partial charge < -0.3 is 10.1 Å². The Morgan fingerprint density at radius 3 is 2.73 bits per heavy atom. The van der Waals surface area contributed by atoms with Crippen molar-refractivity contribution in [3.63, 3.8) is 0 Å². The molecule has 9 heteroatoms. The van der Waals surface area contributed by atoms with Crippen LogP contribution in [0.1, 0.15) is 16.8 Å². The number of nitrogens with one attached hydrogen (secondary N) is 1. The Labute approximate surface area is 182 Å². The van der Waals surface area contributed by atoms with Crippen LogP contribution >= 0.6 is 15.9 Å². The van der Waals surface area contributed by atoms with Crippen LogP contribution in [0.3, 0.4) is 0 Å². The Kier molecular flexibility index (Phi) is 5.54. The van der Waals surface area contributed by atoms with Crippen LogP contribution in [0.4, 0.5) is 5.82 Å². The molecule has 1 amide bonds. The average Bonchev–Trinajstić information content (AvgIpc) is 3.26. The topological polar surface area (TPSA) is 86.9 Å². The number of benzene rings is 1. The molecule has 0 saturated heterocycles. The van der Waals surface area contributed by atoms with E-state index in [2.05, 4.69) is 36.4 Å². The van der Waals surface area contributed by atoms with E-state index in [4.69, 9.17) is 4.74 Å². The van der Waals surface area contributed by atoms with Crippen molar-refractivity contribution in [1.29, 1.82) is 0 Å². The van der Waals surface area contributed by atoms with Crippen LogP contribution < -0.4 is 10.1 Å². The lowest BCUT2D eigenvalue weighted by atomic mass is 10.2. The van der Waals surface area contributed by atoms with Crippen molar-refractivity contribution in [2.75, 3.05) is 11.9 Å². The maximum Gasteiger partial charge on any atom is 0.263 e. The number of hydrogen-bond donors (Lipinski definition) is 1. The minimum atomic E-state index is -0.288. The number of halogens is 1. The highest BCUT2D eigenvalue weighted by molar-refractivity contribution is 9.10. The fourth-order valence-electron chi connectivity index (χ4n) is 3.29. The largest absolute Gasteiger partial charge is 0.466 e. The van der Waals surface area contributed by atoms with Gasteiger partial charge in [-0.3, -0.25) is 4.79 Å². The first-order valence-corrected chi connectivity index (χ1v) is 10.2. The zero-order valence-electron chi connectivity index (χ0n) is 16.9. The van der Waals surface area contributed by atoms with Crippen LogP contribution in [0.2, 0.25) is 0 Å². The third-order valence-electron chi connectivity index (χ3n) is 4.66. The first-order valence-electron chi connectivity index (χ1n) is 9.40. The standard InChI is InChI=1S/C21H21BrN6O2/c1-13-10-14(2)24-20-19(13)21(26-27(20)3)30-12-18(29)25-17-8-9-23-28(17)11-15-4-6-16(22)7-5-15/h4-10H,11-12H2,1-3H3,(H,25,29). The van der Waals surface area contributed by atoms with E-state index < -0.39 is 0 Å².